The van der Waals surface area contributed by atoms with Crippen LogP contribution in [0.5, 0.6) is 0 Å². The summed E-state index contributed by atoms with van der Waals surface area (Å²) in [7, 11) is 1.33. The van der Waals surface area contributed by atoms with Crippen LogP contribution in [0.3, 0.4) is 0 Å². The molecule has 1 aliphatic heterocycles. The van der Waals surface area contributed by atoms with Crippen molar-refractivity contribution in [2.75, 3.05) is 20.2 Å². The molecule has 0 aromatic carbocycles. The van der Waals surface area contributed by atoms with Crippen molar-refractivity contribution in [3.05, 3.63) is 29.6 Å². The van der Waals surface area contributed by atoms with Crippen LogP contribution in [0.2, 0.25) is 0 Å². The van der Waals surface area contributed by atoms with E-state index in [-0.39, 0.29) is 12.0 Å². The van der Waals surface area contributed by atoms with Crippen molar-refractivity contribution in [2.24, 2.45) is 0 Å². The number of carbonyl (C=O) groups is 2. The highest BCUT2D eigenvalue weighted by Gasteiger charge is 2.28. The summed E-state index contributed by atoms with van der Waals surface area (Å²) in [6.45, 7) is 6.85. The van der Waals surface area contributed by atoms with Gasteiger partial charge in [-0.3, -0.25) is 0 Å². The molecule has 1 saturated heterocycles. The molecule has 1 aromatic rings. The minimum atomic E-state index is -0.501. The van der Waals surface area contributed by atoms with Crippen LogP contribution < -0.4 is 0 Å². The summed E-state index contributed by atoms with van der Waals surface area (Å²) in [4.78, 5) is 29.6. The summed E-state index contributed by atoms with van der Waals surface area (Å²) in [5.74, 6) is -0.283. The number of nitrogens with zero attached hydrogens (tertiary/aromatic N) is 2. The lowest BCUT2D eigenvalue weighted by molar-refractivity contribution is 0.0198. The first-order chi connectivity index (χ1) is 10.8. The van der Waals surface area contributed by atoms with Gasteiger partial charge in [0.05, 0.1) is 7.11 Å². The van der Waals surface area contributed by atoms with Crippen molar-refractivity contribution in [2.45, 2.75) is 45.1 Å². The van der Waals surface area contributed by atoms with Crippen LogP contribution in [0.1, 0.15) is 55.6 Å². The first-order valence-corrected chi connectivity index (χ1v) is 7.82. The Labute approximate surface area is 136 Å². The number of ether oxygens (including phenoxy) is 2. The van der Waals surface area contributed by atoms with Crippen molar-refractivity contribution < 1.29 is 19.1 Å². The third-order valence-electron chi connectivity index (χ3n) is 3.72. The van der Waals surface area contributed by atoms with Gasteiger partial charge in [-0.05, 0) is 51.3 Å². The second-order valence-electron chi connectivity index (χ2n) is 6.73. The quantitative estimate of drug-likeness (QED) is 0.784. The minimum Gasteiger partial charge on any atom is -0.464 e. The number of hydrogen-bond acceptors (Lipinski definition) is 5. The highest BCUT2D eigenvalue weighted by atomic mass is 16.6. The van der Waals surface area contributed by atoms with Crippen molar-refractivity contribution in [1.29, 1.82) is 0 Å². The Morgan fingerprint density at radius 1 is 1.35 bits per heavy atom. The van der Waals surface area contributed by atoms with Gasteiger partial charge in [-0.25, -0.2) is 14.6 Å². The molecule has 6 heteroatoms. The number of pyridine rings is 1. The SMILES string of the molecule is COC(=O)c1cc(C2CCCN(C(=O)OC(C)(C)C)C2)ccn1. The lowest BCUT2D eigenvalue weighted by atomic mass is 9.91. The molecular formula is C17H24N2O4. The van der Waals surface area contributed by atoms with E-state index in [0.29, 0.717) is 18.8 Å². The Morgan fingerprint density at radius 2 is 2.09 bits per heavy atom. The number of esters is 1. The van der Waals surface area contributed by atoms with E-state index in [9.17, 15) is 9.59 Å². The smallest absolute Gasteiger partial charge is 0.410 e. The van der Waals surface area contributed by atoms with Crippen molar-refractivity contribution in [3.63, 3.8) is 0 Å². The minimum absolute atomic E-state index is 0.169. The number of aromatic nitrogens is 1. The second kappa shape index (κ2) is 6.98. The molecule has 0 radical (unpaired) electrons. The Balaban J connectivity index is 2.09. The standard InChI is InChI=1S/C17H24N2O4/c1-17(2,3)23-16(21)19-9-5-6-13(11-19)12-7-8-18-14(10-12)15(20)22-4/h7-8,10,13H,5-6,9,11H2,1-4H3. The van der Waals surface area contributed by atoms with Gasteiger partial charge >= 0.3 is 12.1 Å². The lowest BCUT2D eigenvalue weighted by Crippen LogP contribution is -2.42. The van der Waals surface area contributed by atoms with E-state index in [1.165, 1.54) is 7.11 Å². The summed E-state index contributed by atoms with van der Waals surface area (Å²) in [5, 5.41) is 0. The number of piperidine rings is 1. The molecule has 2 heterocycles. The molecule has 1 amide bonds. The third kappa shape index (κ3) is 4.68. The van der Waals surface area contributed by atoms with Gasteiger partial charge in [-0.2, -0.15) is 0 Å². The molecule has 1 atom stereocenters. The zero-order valence-electron chi connectivity index (χ0n) is 14.2. The van der Waals surface area contributed by atoms with Crippen LogP contribution in [0, 0.1) is 0 Å². The summed E-state index contributed by atoms with van der Waals surface area (Å²) in [6.07, 6.45) is 3.18. The fourth-order valence-corrected chi connectivity index (χ4v) is 2.66. The summed E-state index contributed by atoms with van der Waals surface area (Å²) >= 11 is 0. The predicted octanol–water partition coefficient (Wildman–Crippen LogP) is 2.98. The molecule has 1 aromatic heterocycles. The zero-order valence-corrected chi connectivity index (χ0v) is 14.2. The average molecular weight is 320 g/mol. The fourth-order valence-electron chi connectivity index (χ4n) is 2.66. The molecule has 0 saturated carbocycles. The molecule has 1 unspecified atom stereocenters. The largest absolute Gasteiger partial charge is 0.464 e. The van der Waals surface area contributed by atoms with Gasteiger partial charge in [0.1, 0.15) is 11.3 Å². The van der Waals surface area contributed by atoms with Gasteiger partial charge in [-0.15, -0.1) is 0 Å². The monoisotopic (exact) mass is 320 g/mol. The normalized spacial score (nSPS) is 18.4. The maximum absolute atomic E-state index is 12.2. The highest BCUT2D eigenvalue weighted by molar-refractivity contribution is 5.87. The molecule has 0 bridgehead atoms. The molecule has 0 spiro atoms. The number of methoxy groups -OCH3 is 1. The Kier molecular flexibility index (Phi) is 5.23. The summed E-state index contributed by atoms with van der Waals surface area (Å²) < 4.78 is 10.1. The number of rotatable bonds is 2. The fraction of sp³-hybridized carbons (Fsp3) is 0.588. The third-order valence-corrected chi connectivity index (χ3v) is 3.72. The van der Waals surface area contributed by atoms with E-state index >= 15 is 0 Å². The topological polar surface area (TPSA) is 68.7 Å². The van der Waals surface area contributed by atoms with Crippen LogP contribution in [-0.4, -0.2) is 47.7 Å². The molecule has 0 N–H and O–H groups in total. The molecule has 1 aliphatic rings. The predicted molar refractivity (Wildman–Crippen MR) is 85.4 cm³/mol. The molecule has 126 valence electrons. The van der Waals surface area contributed by atoms with E-state index < -0.39 is 11.6 Å². The van der Waals surface area contributed by atoms with Gasteiger partial charge < -0.3 is 14.4 Å². The van der Waals surface area contributed by atoms with Crippen LogP contribution >= 0.6 is 0 Å². The van der Waals surface area contributed by atoms with Crippen LogP contribution in [0.25, 0.3) is 0 Å². The summed E-state index contributed by atoms with van der Waals surface area (Å²) in [5.41, 5.74) is 0.784. The van der Waals surface area contributed by atoms with Gasteiger partial charge in [0, 0.05) is 25.2 Å². The average Bonchev–Trinajstić information content (AvgIpc) is 2.53. The molecular weight excluding hydrogens is 296 g/mol. The van der Waals surface area contributed by atoms with Gasteiger partial charge in [0.25, 0.3) is 0 Å². The number of likely N-dealkylation sites (tertiary alicyclic amines) is 1. The summed E-state index contributed by atoms with van der Waals surface area (Å²) in [6, 6.07) is 3.63. The van der Waals surface area contributed by atoms with Crippen molar-refractivity contribution in [1.82, 2.24) is 9.88 Å². The van der Waals surface area contributed by atoms with Crippen LogP contribution in [-0.2, 0) is 9.47 Å². The maximum Gasteiger partial charge on any atom is 0.410 e. The molecule has 23 heavy (non-hydrogen) atoms. The first kappa shape index (κ1) is 17.2. The van der Waals surface area contributed by atoms with Gasteiger partial charge in [-0.1, -0.05) is 0 Å². The van der Waals surface area contributed by atoms with Gasteiger partial charge in [0.2, 0.25) is 0 Å². The van der Waals surface area contributed by atoms with E-state index in [1.807, 2.05) is 26.8 Å². The number of amides is 1. The van der Waals surface area contributed by atoms with Crippen LogP contribution in [0.15, 0.2) is 18.3 Å². The highest BCUT2D eigenvalue weighted by Crippen LogP contribution is 2.28. The van der Waals surface area contributed by atoms with E-state index in [4.69, 9.17) is 9.47 Å². The van der Waals surface area contributed by atoms with Crippen molar-refractivity contribution >= 4 is 12.1 Å². The molecule has 2 rings (SSSR count). The second-order valence-corrected chi connectivity index (χ2v) is 6.73. The van der Waals surface area contributed by atoms with Gasteiger partial charge in [0.15, 0.2) is 0 Å². The lowest BCUT2D eigenvalue weighted by Gasteiger charge is -2.34. The molecule has 0 aliphatic carbocycles. The van der Waals surface area contributed by atoms with E-state index in [2.05, 4.69) is 4.98 Å². The van der Waals surface area contributed by atoms with Crippen molar-refractivity contribution in [3.8, 4) is 0 Å². The molecule has 6 nitrogen and oxygen atoms in total. The first-order valence-electron chi connectivity index (χ1n) is 7.82. The Hall–Kier alpha value is -2.11. The van der Waals surface area contributed by atoms with Crippen LogP contribution in [0.4, 0.5) is 4.79 Å². The zero-order chi connectivity index (χ0) is 17.0. The van der Waals surface area contributed by atoms with E-state index in [1.54, 1.807) is 17.2 Å². The number of hydrogen-bond donors (Lipinski definition) is 0. The van der Waals surface area contributed by atoms with E-state index in [0.717, 1.165) is 18.4 Å². The Morgan fingerprint density at radius 3 is 2.74 bits per heavy atom. The molecule has 1 fully saturated rings. The Bertz CT molecular complexity index is 580. The number of carbonyl (C=O) groups excluding carboxylic acids is 2. The maximum atomic E-state index is 12.2.